The minimum Gasteiger partial charge on any atom is -0.356 e. The van der Waals surface area contributed by atoms with Gasteiger partial charge in [0.2, 0.25) is 0 Å². The predicted molar refractivity (Wildman–Crippen MR) is 85.9 cm³/mol. The third-order valence-electron chi connectivity index (χ3n) is 3.30. The fourth-order valence-corrected chi connectivity index (χ4v) is 2.10. The zero-order valence-electron chi connectivity index (χ0n) is 12.2. The predicted octanol–water partition coefficient (Wildman–Crippen LogP) is 1.64. The van der Waals surface area contributed by atoms with E-state index in [1.165, 1.54) is 12.8 Å². The minimum atomic E-state index is -0.164. The number of nitrogens with one attached hydrogen (secondary N) is 3. The van der Waals surface area contributed by atoms with E-state index < -0.39 is 0 Å². The Balaban J connectivity index is 1.66. The van der Waals surface area contributed by atoms with Gasteiger partial charge >= 0.3 is 0 Å². The minimum absolute atomic E-state index is 0.164. The Labute approximate surface area is 130 Å². The molecule has 0 unspecified atom stereocenters. The molecule has 2 rings (SSSR count). The summed E-state index contributed by atoms with van der Waals surface area (Å²) in [5.41, 5.74) is 0.496. The molecule has 0 saturated heterocycles. The summed E-state index contributed by atoms with van der Waals surface area (Å²) < 4.78 is 0. The van der Waals surface area contributed by atoms with Crippen LogP contribution in [0.25, 0.3) is 0 Å². The molecule has 1 fully saturated rings. The lowest BCUT2D eigenvalue weighted by atomic mass is 10.2. The van der Waals surface area contributed by atoms with Crippen molar-refractivity contribution in [1.29, 1.82) is 0 Å². The second kappa shape index (κ2) is 7.88. The van der Waals surface area contributed by atoms with E-state index in [0.717, 1.165) is 18.4 Å². The molecule has 1 amide bonds. The molecule has 1 saturated carbocycles. The second-order valence-electron chi connectivity index (χ2n) is 5.06. The molecule has 21 heavy (non-hydrogen) atoms. The van der Waals surface area contributed by atoms with Crippen LogP contribution in [0.1, 0.15) is 23.2 Å². The molecule has 5 nitrogen and oxygen atoms in total. The number of hydrogen-bond acceptors (Lipinski definition) is 2. The first kappa shape index (κ1) is 15.6. The van der Waals surface area contributed by atoms with E-state index in [-0.39, 0.29) is 5.91 Å². The largest absolute Gasteiger partial charge is 0.356 e. The van der Waals surface area contributed by atoms with Crippen molar-refractivity contribution in [2.45, 2.75) is 12.8 Å². The molecule has 0 atom stereocenters. The Kier molecular flexibility index (Phi) is 5.87. The number of nitrogens with zero attached hydrogens (tertiary/aromatic N) is 1. The van der Waals surface area contributed by atoms with E-state index in [1.54, 1.807) is 31.3 Å². The Morgan fingerprint density at radius 2 is 1.95 bits per heavy atom. The molecule has 0 bridgehead atoms. The molecule has 0 aliphatic heterocycles. The van der Waals surface area contributed by atoms with E-state index in [2.05, 4.69) is 20.9 Å². The average Bonchev–Trinajstić information content (AvgIpc) is 3.31. The van der Waals surface area contributed by atoms with Gasteiger partial charge in [0.05, 0.1) is 10.6 Å². The number of amides is 1. The molecule has 1 aliphatic rings. The van der Waals surface area contributed by atoms with Gasteiger partial charge in [-0.15, -0.1) is 0 Å². The highest BCUT2D eigenvalue weighted by Crippen LogP contribution is 2.27. The zero-order valence-corrected chi connectivity index (χ0v) is 12.9. The SMILES string of the molecule is CN=C(NCCNC(=O)c1ccccc1Cl)NCC1CC1. The van der Waals surface area contributed by atoms with Crippen molar-refractivity contribution in [2.24, 2.45) is 10.9 Å². The summed E-state index contributed by atoms with van der Waals surface area (Å²) in [6.45, 7) is 2.08. The molecular weight excluding hydrogens is 288 g/mol. The normalized spacial score (nSPS) is 14.7. The van der Waals surface area contributed by atoms with E-state index in [9.17, 15) is 4.79 Å². The number of carbonyl (C=O) groups excluding carboxylic acids is 1. The molecule has 3 N–H and O–H groups in total. The Bertz CT molecular complexity index is 514. The number of benzene rings is 1. The highest BCUT2D eigenvalue weighted by molar-refractivity contribution is 6.33. The summed E-state index contributed by atoms with van der Waals surface area (Å²) in [6.07, 6.45) is 2.61. The maximum Gasteiger partial charge on any atom is 0.252 e. The van der Waals surface area contributed by atoms with Gasteiger partial charge in [0.25, 0.3) is 5.91 Å². The van der Waals surface area contributed by atoms with E-state index in [1.807, 2.05) is 0 Å². The summed E-state index contributed by atoms with van der Waals surface area (Å²) in [4.78, 5) is 16.1. The molecule has 1 aromatic carbocycles. The van der Waals surface area contributed by atoms with Gasteiger partial charge in [0.1, 0.15) is 0 Å². The monoisotopic (exact) mass is 308 g/mol. The molecule has 1 aromatic rings. The standard InChI is InChI=1S/C15H21ClN4O/c1-17-15(20-10-11-6-7-11)19-9-8-18-14(21)12-4-2-3-5-13(12)16/h2-5,11H,6-10H2,1H3,(H,18,21)(H2,17,19,20). The number of rotatable bonds is 6. The van der Waals surface area contributed by atoms with Crippen molar-refractivity contribution < 1.29 is 4.79 Å². The molecular formula is C15H21ClN4O. The second-order valence-corrected chi connectivity index (χ2v) is 5.47. The maximum absolute atomic E-state index is 11.9. The van der Waals surface area contributed by atoms with Crippen LogP contribution >= 0.6 is 11.6 Å². The van der Waals surface area contributed by atoms with E-state index in [4.69, 9.17) is 11.6 Å². The Morgan fingerprint density at radius 1 is 1.24 bits per heavy atom. The molecule has 114 valence electrons. The van der Waals surface area contributed by atoms with Gasteiger partial charge < -0.3 is 16.0 Å². The smallest absolute Gasteiger partial charge is 0.252 e. The van der Waals surface area contributed by atoms with Gasteiger partial charge in [-0.05, 0) is 30.9 Å². The topological polar surface area (TPSA) is 65.5 Å². The van der Waals surface area contributed by atoms with Crippen molar-refractivity contribution in [1.82, 2.24) is 16.0 Å². The zero-order chi connectivity index (χ0) is 15.1. The fourth-order valence-electron chi connectivity index (χ4n) is 1.88. The number of hydrogen-bond donors (Lipinski definition) is 3. The summed E-state index contributed by atoms with van der Waals surface area (Å²) in [5.74, 6) is 1.40. The highest BCUT2D eigenvalue weighted by Gasteiger charge is 2.20. The first-order valence-corrected chi connectivity index (χ1v) is 7.55. The van der Waals surface area contributed by atoms with Crippen LogP contribution in [0.2, 0.25) is 5.02 Å². The van der Waals surface area contributed by atoms with Crippen LogP contribution < -0.4 is 16.0 Å². The summed E-state index contributed by atoms with van der Waals surface area (Å²) in [6, 6.07) is 7.01. The van der Waals surface area contributed by atoms with Gasteiger partial charge in [-0.1, -0.05) is 23.7 Å². The lowest BCUT2D eigenvalue weighted by Gasteiger charge is -2.12. The molecule has 0 spiro atoms. The van der Waals surface area contributed by atoms with Crippen molar-refractivity contribution in [3.63, 3.8) is 0 Å². The van der Waals surface area contributed by atoms with E-state index in [0.29, 0.717) is 23.7 Å². The molecule has 0 heterocycles. The Hall–Kier alpha value is -1.75. The lowest BCUT2D eigenvalue weighted by molar-refractivity contribution is 0.0954. The summed E-state index contributed by atoms with van der Waals surface area (Å²) in [5, 5.41) is 9.72. The number of carbonyl (C=O) groups is 1. The van der Waals surface area contributed by atoms with Crippen LogP contribution in [0, 0.1) is 5.92 Å². The number of halogens is 1. The third kappa shape index (κ3) is 5.27. The lowest BCUT2D eigenvalue weighted by Crippen LogP contribution is -2.42. The van der Waals surface area contributed by atoms with Gasteiger partial charge in [-0.2, -0.15) is 0 Å². The summed E-state index contributed by atoms with van der Waals surface area (Å²) in [7, 11) is 1.74. The average molecular weight is 309 g/mol. The number of aliphatic imine (C=N–C) groups is 1. The highest BCUT2D eigenvalue weighted by atomic mass is 35.5. The third-order valence-corrected chi connectivity index (χ3v) is 3.63. The van der Waals surface area contributed by atoms with E-state index >= 15 is 0 Å². The maximum atomic E-state index is 11.9. The first-order valence-electron chi connectivity index (χ1n) is 7.18. The summed E-state index contributed by atoms with van der Waals surface area (Å²) >= 11 is 5.98. The molecule has 6 heteroatoms. The van der Waals surface area contributed by atoms with Crippen LogP contribution in [-0.4, -0.2) is 38.5 Å². The number of guanidine groups is 1. The van der Waals surface area contributed by atoms with Crippen molar-refractivity contribution in [3.8, 4) is 0 Å². The van der Waals surface area contributed by atoms with Crippen LogP contribution in [0.15, 0.2) is 29.3 Å². The van der Waals surface area contributed by atoms with Crippen molar-refractivity contribution >= 4 is 23.5 Å². The molecule has 1 aliphatic carbocycles. The first-order chi connectivity index (χ1) is 10.2. The Morgan fingerprint density at radius 3 is 2.62 bits per heavy atom. The van der Waals surface area contributed by atoms with Gasteiger partial charge in [-0.25, -0.2) is 0 Å². The van der Waals surface area contributed by atoms with Crippen LogP contribution in [0.5, 0.6) is 0 Å². The van der Waals surface area contributed by atoms with Gasteiger partial charge in [0.15, 0.2) is 5.96 Å². The van der Waals surface area contributed by atoms with Crippen molar-refractivity contribution in [3.05, 3.63) is 34.9 Å². The fraction of sp³-hybridized carbons (Fsp3) is 0.467. The van der Waals surface area contributed by atoms with Gasteiger partial charge in [0, 0.05) is 26.7 Å². The van der Waals surface area contributed by atoms with Gasteiger partial charge in [-0.3, -0.25) is 9.79 Å². The van der Waals surface area contributed by atoms with Crippen LogP contribution in [-0.2, 0) is 0 Å². The van der Waals surface area contributed by atoms with Crippen LogP contribution in [0.3, 0.4) is 0 Å². The quantitative estimate of drug-likeness (QED) is 0.425. The van der Waals surface area contributed by atoms with Crippen molar-refractivity contribution in [2.75, 3.05) is 26.7 Å². The molecule has 0 aromatic heterocycles. The van der Waals surface area contributed by atoms with Crippen LogP contribution in [0.4, 0.5) is 0 Å². The molecule has 0 radical (unpaired) electrons.